The number of nitrogens with zero attached hydrogens (tertiary/aromatic N) is 1. The first-order chi connectivity index (χ1) is 9.90. The Labute approximate surface area is 122 Å². The van der Waals surface area contributed by atoms with Gasteiger partial charge in [-0.3, -0.25) is 10.1 Å². The van der Waals surface area contributed by atoms with Crippen LogP contribution in [-0.4, -0.2) is 16.0 Å². The van der Waals surface area contributed by atoms with E-state index in [1.165, 1.54) is 18.2 Å². The van der Waals surface area contributed by atoms with E-state index >= 15 is 0 Å². The summed E-state index contributed by atoms with van der Waals surface area (Å²) in [6.07, 6.45) is 0. The van der Waals surface area contributed by atoms with Crippen molar-refractivity contribution in [3.8, 4) is 11.5 Å². The second kappa shape index (κ2) is 5.76. The van der Waals surface area contributed by atoms with Gasteiger partial charge in [0.2, 0.25) is 5.75 Å². The summed E-state index contributed by atoms with van der Waals surface area (Å²) >= 11 is 5.71. The number of hydrogen-bond acceptors (Lipinski definition) is 4. The third-order valence-electron chi connectivity index (χ3n) is 2.53. The average Bonchev–Trinajstić information content (AvgIpc) is 2.37. The number of carbonyl (C=O) groups is 1. The van der Waals surface area contributed by atoms with Gasteiger partial charge in [0.1, 0.15) is 22.2 Å². The molecule has 0 aliphatic rings. The van der Waals surface area contributed by atoms with Crippen LogP contribution in [0.15, 0.2) is 36.4 Å². The average molecular weight is 312 g/mol. The van der Waals surface area contributed by atoms with Gasteiger partial charge in [-0.2, -0.15) is 0 Å². The number of carboxylic acids is 1. The molecule has 0 bridgehead atoms. The van der Waals surface area contributed by atoms with Crippen LogP contribution in [0.5, 0.6) is 11.5 Å². The molecule has 108 valence electrons. The summed E-state index contributed by atoms with van der Waals surface area (Å²) < 4.78 is 18.4. The highest BCUT2D eigenvalue weighted by atomic mass is 35.5. The molecule has 0 spiro atoms. The minimum absolute atomic E-state index is 0.175. The molecule has 2 aromatic rings. The van der Waals surface area contributed by atoms with Crippen molar-refractivity contribution in [2.45, 2.75) is 0 Å². The molecule has 2 rings (SSSR count). The molecule has 2 aromatic carbocycles. The van der Waals surface area contributed by atoms with Crippen LogP contribution in [-0.2, 0) is 0 Å². The van der Waals surface area contributed by atoms with E-state index in [9.17, 15) is 19.3 Å². The number of nitro benzene ring substituents is 1. The van der Waals surface area contributed by atoms with Crippen molar-refractivity contribution in [1.82, 2.24) is 0 Å². The standard InChI is InChI=1S/C13H7ClFNO5/c14-9-2-1-3-10(12(9)16(19)20)21-11-6-7(15)4-5-8(11)13(17)18/h1-6H,(H,17,18). The zero-order chi connectivity index (χ0) is 15.6. The molecule has 1 N–H and O–H groups in total. The number of nitro groups is 1. The van der Waals surface area contributed by atoms with Crippen LogP contribution < -0.4 is 4.74 Å². The Morgan fingerprint density at radius 1 is 1.29 bits per heavy atom. The lowest BCUT2D eigenvalue weighted by Gasteiger charge is -2.09. The Morgan fingerprint density at radius 2 is 2.00 bits per heavy atom. The summed E-state index contributed by atoms with van der Waals surface area (Å²) in [5.41, 5.74) is -0.856. The zero-order valence-corrected chi connectivity index (χ0v) is 11.0. The van der Waals surface area contributed by atoms with Crippen molar-refractivity contribution in [2.75, 3.05) is 0 Å². The highest BCUT2D eigenvalue weighted by Crippen LogP contribution is 2.38. The number of carboxylic acid groups (broad SMARTS) is 1. The van der Waals surface area contributed by atoms with Crippen LogP contribution in [0.2, 0.25) is 5.02 Å². The maximum absolute atomic E-state index is 13.2. The topological polar surface area (TPSA) is 89.7 Å². The third-order valence-corrected chi connectivity index (χ3v) is 2.83. The summed E-state index contributed by atoms with van der Waals surface area (Å²) in [5.74, 6) is -2.72. The molecule has 0 radical (unpaired) electrons. The molecule has 6 nitrogen and oxygen atoms in total. The van der Waals surface area contributed by atoms with Gasteiger partial charge in [-0.25, -0.2) is 9.18 Å². The van der Waals surface area contributed by atoms with E-state index in [0.29, 0.717) is 0 Å². The zero-order valence-electron chi connectivity index (χ0n) is 10.2. The Balaban J connectivity index is 2.53. The molecule has 0 amide bonds. The predicted octanol–water partition coefficient (Wildman–Crippen LogP) is 3.88. The van der Waals surface area contributed by atoms with E-state index in [-0.39, 0.29) is 22.1 Å². The molecule has 0 heterocycles. The van der Waals surface area contributed by atoms with Crippen LogP contribution in [0.3, 0.4) is 0 Å². The first kappa shape index (κ1) is 14.7. The molecule has 0 aliphatic carbocycles. The van der Waals surface area contributed by atoms with Crippen molar-refractivity contribution in [3.05, 3.63) is 62.9 Å². The molecule has 0 atom stereocenters. The van der Waals surface area contributed by atoms with Gasteiger partial charge >= 0.3 is 11.7 Å². The fourth-order valence-electron chi connectivity index (χ4n) is 1.63. The predicted molar refractivity (Wildman–Crippen MR) is 71.5 cm³/mol. The van der Waals surface area contributed by atoms with Gasteiger partial charge in [-0.1, -0.05) is 17.7 Å². The second-order valence-corrected chi connectivity index (χ2v) is 4.30. The highest BCUT2D eigenvalue weighted by molar-refractivity contribution is 6.33. The molecular weight excluding hydrogens is 305 g/mol. The first-order valence-electron chi connectivity index (χ1n) is 5.53. The Hall–Kier alpha value is -2.67. The van der Waals surface area contributed by atoms with Crippen molar-refractivity contribution in [3.63, 3.8) is 0 Å². The molecule has 0 saturated carbocycles. The van der Waals surface area contributed by atoms with Crippen LogP contribution in [0.25, 0.3) is 0 Å². The van der Waals surface area contributed by atoms with Crippen LogP contribution in [0.1, 0.15) is 10.4 Å². The minimum Gasteiger partial charge on any atom is -0.478 e. The Bertz CT molecular complexity index is 734. The van der Waals surface area contributed by atoms with Crippen LogP contribution in [0.4, 0.5) is 10.1 Å². The summed E-state index contributed by atoms with van der Waals surface area (Å²) in [7, 11) is 0. The molecule has 0 saturated heterocycles. The lowest BCUT2D eigenvalue weighted by molar-refractivity contribution is -0.385. The third kappa shape index (κ3) is 3.09. The molecule has 8 heteroatoms. The van der Waals surface area contributed by atoms with Crippen molar-refractivity contribution < 1.29 is 24.0 Å². The molecule has 0 fully saturated rings. The monoisotopic (exact) mass is 311 g/mol. The molecule has 0 aliphatic heterocycles. The quantitative estimate of drug-likeness (QED) is 0.683. The first-order valence-corrected chi connectivity index (χ1v) is 5.91. The van der Waals surface area contributed by atoms with Gasteiger partial charge in [0.05, 0.1) is 4.92 Å². The SMILES string of the molecule is O=C(O)c1ccc(F)cc1Oc1cccc(Cl)c1[N+](=O)[O-]. The molecule has 21 heavy (non-hydrogen) atoms. The highest BCUT2D eigenvalue weighted by Gasteiger charge is 2.22. The lowest BCUT2D eigenvalue weighted by Crippen LogP contribution is -2.02. The maximum Gasteiger partial charge on any atom is 0.339 e. The van der Waals surface area contributed by atoms with Crippen LogP contribution in [0, 0.1) is 15.9 Å². The summed E-state index contributed by atoms with van der Waals surface area (Å²) in [5, 5.41) is 19.8. The Kier molecular flexibility index (Phi) is 4.04. The summed E-state index contributed by atoms with van der Waals surface area (Å²) in [4.78, 5) is 21.2. The second-order valence-electron chi connectivity index (χ2n) is 3.89. The maximum atomic E-state index is 13.2. The van der Waals surface area contributed by atoms with Crippen molar-refractivity contribution >= 4 is 23.3 Å². The number of hydrogen-bond donors (Lipinski definition) is 1. The molecule has 0 aromatic heterocycles. The van der Waals surface area contributed by atoms with E-state index in [2.05, 4.69) is 0 Å². The number of ether oxygens (including phenoxy) is 1. The number of halogens is 2. The van der Waals surface area contributed by atoms with Gasteiger partial charge in [0.25, 0.3) is 0 Å². The smallest absolute Gasteiger partial charge is 0.339 e. The Morgan fingerprint density at radius 3 is 2.62 bits per heavy atom. The fourth-order valence-corrected chi connectivity index (χ4v) is 1.87. The van der Waals surface area contributed by atoms with Crippen molar-refractivity contribution in [1.29, 1.82) is 0 Å². The van der Waals surface area contributed by atoms with Gasteiger partial charge in [-0.15, -0.1) is 0 Å². The van der Waals surface area contributed by atoms with E-state index in [1.54, 1.807) is 0 Å². The normalized spacial score (nSPS) is 10.2. The van der Waals surface area contributed by atoms with Gasteiger partial charge in [0, 0.05) is 6.07 Å². The van der Waals surface area contributed by atoms with E-state index in [4.69, 9.17) is 21.4 Å². The van der Waals surface area contributed by atoms with E-state index < -0.39 is 22.4 Å². The number of aromatic carboxylic acids is 1. The summed E-state index contributed by atoms with van der Waals surface area (Å²) in [6.45, 7) is 0. The minimum atomic E-state index is -1.35. The molecule has 0 unspecified atom stereocenters. The molecular formula is C13H7ClFNO5. The number of rotatable bonds is 4. The number of para-hydroxylation sites is 1. The fraction of sp³-hybridized carbons (Fsp3) is 0. The van der Waals surface area contributed by atoms with Crippen molar-refractivity contribution in [2.24, 2.45) is 0 Å². The van der Waals surface area contributed by atoms with Gasteiger partial charge in [0.15, 0.2) is 0 Å². The lowest BCUT2D eigenvalue weighted by atomic mass is 10.2. The van der Waals surface area contributed by atoms with Gasteiger partial charge < -0.3 is 9.84 Å². The summed E-state index contributed by atoms with van der Waals surface area (Å²) in [6, 6.07) is 6.70. The van der Waals surface area contributed by atoms with E-state index in [0.717, 1.165) is 18.2 Å². The van der Waals surface area contributed by atoms with Gasteiger partial charge in [-0.05, 0) is 24.3 Å². The largest absolute Gasteiger partial charge is 0.478 e. The van der Waals surface area contributed by atoms with E-state index in [1.807, 2.05) is 0 Å². The number of benzene rings is 2. The van der Waals surface area contributed by atoms with Crippen LogP contribution >= 0.6 is 11.6 Å².